The maximum absolute atomic E-state index is 12.8. The number of hydrogen-bond donors (Lipinski definition) is 3. The Kier molecular flexibility index (Phi) is 6.81. The molecule has 8 heteroatoms. The van der Waals surface area contributed by atoms with E-state index in [1.54, 1.807) is 31.6 Å². The maximum Gasteiger partial charge on any atom is 0.280 e. The number of halogens is 2. The van der Waals surface area contributed by atoms with Gasteiger partial charge in [-0.15, -0.1) is 0 Å². The molecule has 0 bridgehead atoms. The summed E-state index contributed by atoms with van der Waals surface area (Å²) >= 11 is 0. The summed E-state index contributed by atoms with van der Waals surface area (Å²) in [5, 5.41) is 13.1. The molecule has 0 radical (unpaired) electrons. The lowest BCUT2D eigenvalue weighted by Crippen LogP contribution is -2.12. The Labute approximate surface area is 178 Å². The molecular weight excluding hydrogens is 400 g/mol. The quantitative estimate of drug-likeness (QED) is 0.476. The predicted molar refractivity (Wildman–Crippen MR) is 117 cm³/mol. The van der Waals surface area contributed by atoms with Crippen LogP contribution in [-0.2, 0) is 0 Å². The third-order valence-corrected chi connectivity index (χ3v) is 4.59. The van der Waals surface area contributed by atoms with Crippen LogP contribution in [0, 0.1) is 12.3 Å². The van der Waals surface area contributed by atoms with E-state index in [9.17, 15) is 13.6 Å². The lowest BCUT2D eigenvalue weighted by Gasteiger charge is -2.11. The summed E-state index contributed by atoms with van der Waals surface area (Å²) in [6.07, 6.45) is 3.06. The van der Waals surface area contributed by atoms with E-state index in [1.165, 1.54) is 18.5 Å². The van der Waals surface area contributed by atoms with E-state index in [4.69, 9.17) is 5.41 Å². The summed E-state index contributed by atoms with van der Waals surface area (Å²) in [4.78, 5) is 20.5. The fraction of sp³-hybridized carbons (Fsp3) is 0.130. The number of aromatic nitrogens is 2. The number of aryl methyl sites for hydroxylation is 1. The van der Waals surface area contributed by atoms with Gasteiger partial charge in [0.15, 0.2) is 0 Å². The summed E-state index contributed by atoms with van der Waals surface area (Å²) in [5.41, 5.74) is 4.18. The van der Waals surface area contributed by atoms with E-state index in [0.29, 0.717) is 17.0 Å². The minimum Gasteiger partial charge on any atom is -0.393 e. The van der Waals surface area contributed by atoms with Gasteiger partial charge in [-0.25, -0.2) is 8.78 Å². The highest BCUT2D eigenvalue weighted by molar-refractivity contribution is 6.07. The van der Waals surface area contributed by atoms with Crippen molar-refractivity contribution in [1.82, 2.24) is 15.3 Å². The van der Waals surface area contributed by atoms with Crippen LogP contribution in [-0.4, -0.2) is 29.1 Å². The summed E-state index contributed by atoms with van der Waals surface area (Å²) in [6, 6.07) is 11.6. The molecule has 2 heterocycles. The summed E-state index contributed by atoms with van der Waals surface area (Å²) in [7, 11) is 1.75. The monoisotopic (exact) mass is 421 g/mol. The Hall–Kier alpha value is -3.94. The first-order valence-electron chi connectivity index (χ1n) is 9.43. The zero-order valence-corrected chi connectivity index (χ0v) is 17.0. The molecule has 6 nitrogen and oxygen atoms in total. The molecule has 1 amide bonds. The van der Waals surface area contributed by atoms with Crippen LogP contribution in [0.25, 0.3) is 16.7 Å². The molecular formula is C23H21F2N5O. The number of hydrogen-bond acceptors (Lipinski definition) is 5. The van der Waals surface area contributed by atoms with Crippen LogP contribution in [0.3, 0.4) is 0 Å². The number of carbonyl (C=O) groups is 1. The number of nitrogens with one attached hydrogen (secondary N) is 3. The van der Waals surface area contributed by atoms with Gasteiger partial charge in [0.25, 0.3) is 12.3 Å². The van der Waals surface area contributed by atoms with Gasteiger partial charge in [-0.2, -0.15) is 0 Å². The Morgan fingerprint density at radius 3 is 2.58 bits per heavy atom. The fourth-order valence-corrected chi connectivity index (χ4v) is 2.99. The topological polar surface area (TPSA) is 90.8 Å². The van der Waals surface area contributed by atoms with Gasteiger partial charge >= 0.3 is 0 Å². The molecule has 158 valence electrons. The highest BCUT2D eigenvalue weighted by atomic mass is 19.3. The van der Waals surface area contributed by atoms with E-state index < -0.39 is 18.0 Å². The molecule has 31 heavy (non-hydrogen) atoms. The van der Waals surface area contributed by atoms with Crippen LogP contribution < -0.4 is 10.6 Å². The van der Waals surface area contributed by atoms with Gasteiger partial charge in [0.05, 0.1) is 5.69 Å². The van der Waals surface area contributed by atoms with Gasteiger partial charge in [-0.3, -0.25) is 14.8 Å². The highest BCUT2D eigenvalue weighted by Crippen LogP contribution is 2.27. The van der Waals surface area contributed by atoms with Crippen LogP contribution >= 0.6 is 0 Å². The molecule has 3 aromatic rings. The summed E-state index contributed by atoms with van der Waals surface area (Å²) < 4.78 is 25.7. The first kappa shape index (κ1) is 21.8. The predicted octanol–water partition coefficient (Wildman–Crippen LogP) is 4.85. The average Bonchev–Trinajstić information content (AvgIpc) is 2.79. The van der Waals surface area contributed by atoms with Crippen molar-refractivity contribution in [3.8, 4) is 11.1 Å². The Morgan fingerprint density at radius 2 is 1.94 bits per heavy atom. The lowest BCUT2D eigenvalue weighted by molar-refractivity contribution is 0.102. The second kappa shape index (κ2) is 9.71. The molecule has 0 spiro atoms. The Balaban J connectivity index is 1.85. The molecule has 0 unspecified atom stereocenters. The number of amides is 1. The van der Waals surface area contributed by atoms with E-state index in [0.717, 1.165) is 22.8 Å². The molecule has 0 aliphatic carbocycles. The second-order valence-corrected chi connectivity index (χ2v) is 6.72. The van der Waals surface area contributed by atoms with Crippen LogP contribution in [0.4, 0.5) is 14.5 Å². The molecule has 0 saturated heterocycles. The first-order valence-corrected chi connectivity index (χ1v) is 9.43. The number of carbonyl (C=O) groups excluding carboxylic acids is 1. The fourth-order valence-electron chi connectivity index (χ4n) is 2.99. The van der Waals surface area contributed by atoms with Crippen molar-refractivity contribution in [1.29, 1.82) is 5.41 Å². The second-order valence-electron chi connectivity index (χ2n) is 6.72. The average molecular weight is 421 g/mol. The molecule has 1 aromatic carbocycles. The number of allylic oxidation sites excluding steroid dienone is 1. The molecule has 0 atom stereocenters. The molecule has 3 rings (SSSR count). The minimum atomic E-state index is -2.75. The van der Waals surface area contributed by atoms with E-state index in [-0.39, 0.29) is 5.56 Å². The SMILES string of the molecule is CN/C=C(\C=N)c1ccc(-c2cc(NC(=O)c3ccnc(C(F)F)c3)ccc2C)cn1. The Morgan fingerprint density at radius 1 is 1.13 bits per heavy atom. The number of alkyl halides is 2. The maximum atomic E-state index is 12.8. The Bertz CT molecular complexity index is 1130. The highest BCUT2D eigenvalue weighted by Gasteiger charge is 2.14. The van der Waals surface area contributed by atoms with Gasteiger partial charge < -0.3 is 16.0 Å². The van der Waals surface area contributed by atoms with Crippen molar-refractivity contribution in [2.45, 2.75) is 13.3 Å². The van der Waals surface area contributed by atoms with Crippen molar-refractivity contribution in [3.05, 3.63) is 83.6 Å². The number of nitrogens with zero attached hydrogens (tertiary/aromatic N) is 2. The van der Waals surface area contributed by atoms with Crippen molar-refractivity contribution in [2.75, 3.05) is 12.4 Å². The number of rotatable bonds is 7. The number of benzene rings is 1. The van der Waals surface area contributed by atoms with Crippen molar-refractivity contribution in [3.63, 3.8) is 0 Å². The van der Waals surface area contributed by atoms with Crippen LogP contribution in [0.15, 0.2) is 61.1 Å². The third-order valence-electron chi connectivity index (χ3n) is 4.59. The summed E-state index contributed by atoms with van der Waals surface area (Å²) in [6.45, 7) is 1.94. The third kappa shape index (κ3) is 5.16. The van der Waals surface area contributed by atoms with Crippen molar-refractivity contribution in [2.24, 2.45) is 0 Å². The zero-order valence-electron chi connectivity index (χ0n) is 17.0. The molecule has 0 aliphatic heterocycles. The number of anilines is 1. The molecule has 2 aromatic heterocycles. The van der Waals surface area contributed by atoms with E-state index in [1.807, 2.05) is 25.1 Å². The van der Waals surface area contributed by atoms with Gasteiger partial charge in [0.2, 0.25) is 0 Å². The van der Waals surface area contributed by atoms with Gasteiger partial charge in [-0.1, -0.05) is 12.1 Å². The van der Waals surface area contributed by atoms with Crippen molar-refractivity contribution < 1.29 is 13.6 Å². The summed E-state index contributed by atoms with van der Waals surface area (Å²) in [5.74, 6) is -0.500. The smallest absolute Gasteiger partial charge is 0.280 e. The lowest BCUT2D eigenvalue weighted by atomic mass is 10.0. The van der Waals surface area contributed by atoms with Gasteiger partial charge in [0.1, 0.15) is 5.69 Å². The largest absolute Gasteiger partial charge is 0.393 e. The minimum absolute atomic E-state index is 0.105. The van der Waals surface area contributed by atoms with Crippen LogP contribution in [0.1, 0.15) is 33.7 Å². The van der Waals surface area contributed by atoms with E-state index in [2.05, 4.69) is 20.6 Å². The molecule has 0 saturated carbocycles. The van der Waals surface area contributed by atoms with Crippen LogP contribution in [0.2, 0.25) is 0 Å². The number of pyridine rings is 2. The van der Waals surface area contributed by atoms with Crippen molar-refractivity contribution >= 4 is 23.4 Å². The van der Waals surface area contributed by atoms with E-state index >= 15 is 0 Å². The molecule has 0 aliphatic rings. The molecule has 3 N–H and O–H groups in total. The van der Waals surface area contributed by atoms with Crippen LogP contribution in [0.5, 0.6) is 0 Å². The first-order chi connectivity index (χ1) is 14.9. The molecule has 0 fully saturated rings. The normalized spacial score (nSPS) is 11.3. The van der Waals surface area contributed by atoms with Gasteiger partial charge in [0, 0.05) is 54.2 Å². The zero-order chi connectivity index (χ0) is 22.4. The standard InChI is InChI=1S/C23H21F2N5O/c1-14-3-5-18(30-23(31)15-7-8-28-21(9-15)22(24)25)10-19(14)16-4-6-20(29-13-16)17(11-26)12-27-2/h3-13,22,26-27H,1-2H3,(H,30,31)/b17-12+,26-11?. The van der Waals surface area contributed by atoms with Gasteiger partial charge in [-0.05, 0) is 48.4 Å².